The molecule has 0 aliphatic carbocycles. The molecule has 1 unspecified atom stereocenters. The van der Waals surface area contributed by atoms with Crippen molar-refractivity contribution in [1.82, 2.24) is 20.1 Å². The number of hydrogen-bond acceptors (Lipinski definition) is 4. The zero-order valence-electron chi connectivity index (χ0n) is 11.8. The summed E-state index contributed by atoms with van der Waals surface area (Å²) in [6.07, 6.45) is 0.935. The zero-order valence-corrected chi connectivity index (χ0v) is 11.8. The lowest BCUT2D eigenvalue weighted by Crippen LogP contribution is -2.30. The van der Waals surface area contributed by atoms with E-state index in [1.54, 1.807) is 23.7 Å². The zero-order chi connectivity index (χ0) is 14.7. The third-order valence-corrected chi connectivity index (χ3v) is 2.79. The molecule has 6 heteroatoms. The van der Waals surface area contributed by atoms with Crippen molar-refractivity contribution < 1.29 is 9.90 Å². The monoisotopic (exact) mass is 274 g/mol. The van der Waals surface area contributed by atoms with Crippen molar-refractivity contribution >= 4 is 5.91 Å². The van der Waals surface area contributed by atoms with Gasteiger partial charge in [0.05, 0.1) is 17.4 Å². The Morgan fingerprint density at radius 1 is 1.45 bits per heavy atom. The van der Waals surface area contributed by atoms with Gasteiger partial charge in [0.15, 0.2) is 5.82 Å². The lowest BCUT2D eigenvalue weighted by atomic mass is 10.2. The molecule has 0 saturated heterocycles. The van der Waals surface area contributed by atoms with E-state index in [1.807, 2.05) is 19.9 Å². The summed E-state index contributed by atoms with van der Waals surface area (Å²) in [5.41, 5.74) is 2.36. The van der Waals surface area contributed by atoms with Crippen LogP contribution in [0.4, 0.5) is 0 Å². The quantitative estimate of drug-likeness (QED) is 0.871. The number of nitrogens with one attached hydrogen (secondary N) is 1. The predicted octanol–water partition coefficient (Wildman–Crippen LogP) is 0.995. The average molecular weight is 274 g/mol. The van der Waals surface area contributed by atoms with Crippen LogP contribution in [-0.2, 0) is 0 Å². The van der Waals surface area contributed by atoms with Gasteiger partial charge >= 0.3 is 0 Å². The number of nitrogens with zero attached hydrogens (tertiary/aromatic N) is 3. The first-order valence-electron chi connectivity index (χ1n) is 6.43. The van der Waals surface area contributed by atoms with Crippen molar-refractivity contribution in [3.63, 3.8) is 0 Å². The molecule has 106 valence electrons. The summed E-state index contributed by atoms with van der Waals surface area (Å²) >= 11 is 0. The number of rotatable bonds is 4. The topological polar surface area (TPSA) is 80.0 Å². The molecule has 0 spiro atoms. The molecule has 0 aromatic carbocycles. The van der Waals surface area contributed by atoms with Crippen molar-refractivity contribution in [1.29, 1.82) is 0 Å². The Kier molecular flexibility index (Phi) is 4.14. The Hall–Kier alpha value is -2.21. The molecule has 2 heterocycles. The standard InChI is InChI=1S/C14H18N4O2/c1-9-6-10(2)18(17-9)13-5-4-12(8-15-13)14(20)16-7-11(3)19/h4-6,8,11,19H,7H2,1-3H3,(H,16,20). The lowest BCUT2D eigenvalue weighted by molar-refractivity contribution is 0.0923. The maximum absolute atomic E-state index is 11.8. The molecule has 2 rings (SSSR count). The van der Waals surface area contributed by atoms with Crippen LogP contribution in [0.2, 0.25) is 0 Å². The van der Waals surface area contributed by atoms with Crippen LogP contribution in [0.1, 0.15) is 28.7 Å². The molecule has 0 aliphatic rings. The second-order valence-electron chi connectivity index (χ2n) is 4.80. The van der Waals surface area contributed by atoms with Crippen molar-refractivity contribution in [2.24, 2.45) is 0 Å². The number of amides is 1. The fourth-order valence-electron chi connectivity index (χ4n) is 1.85. The van der Waals surface area contributed by atoms with Crippen molar-refractivity contribution in [3.8, 4) is 5.82 Å². The number of hydrogen-bond donors (Lipinski definition) is 2. The van der Waals surface area contributed by atoms with Crippen LogP contribution in [0.3, 0.4) is 0 Å². The fraction of sp³-hybridized carbons (Fsp3) is 0.357. The van der Waals surface area contributed by atoms with E-state index in [0.717, 1.165) is 11.4 Å². The first kappa shape index (κ1) is 14.2. The van der Waals surface area contributed by atoms with Gasteiger partial charge in [-0.1, -0.05) is 0 Å². The Labute approximate surface area is 117 Å². The summed E-state index contributed by atoms with van der Waals surface area (Å²) < 4.78 is 1.73. The third kappa shape index (κ3) is 3.21. The van der Waals surface area contributed by atoms with Crippen LogP contribution in [0.5, 0.6) is 0 Å². The van der Waals surface area contributed by atoms with Gasteiger partial charge in [-0.05, 0) is 39.0 Å². The molecule has 2 aromatic heterocycles. The summed E-state index contributed by atoms with van der Waals surface area (Å²) in [6, 6.07) is 5.40. The maximum atomic E-state index is 11.8. The Morgan fingerprint density at radius 2 is 2.20 bits per heavy atom. The summed E-state index contributed by atoms with van der Waals surface area (Å²) in [5.74, 6) is 0.418. The van der Waals surface area contributed by atoms with Gasteiger partial charge < -0.3 is 10.4 Å². The fourth-order valence-corrected chi connectivity index (χ4v) is 1.85. The molecule has 2 aromatic rings. The smallest absolute Gasteiger partial charge is 0.252 e. The Balaban J connectivity index is 2.14. The van der Waals surface area contributed by atoms with Gasteiger partial charge in [-0.15, -0.1) is 0 Å². The van der Waals surface area contributed by atoms with Crippen molar-refractivity contribution in [2.45, 2.75) is 26.9 Å². The molecule has 0 bridgehead atoms. The van der Waals surface area contributed by atoms with Crippen molar-refractivity contribution in [3.05, 3.63) is 41.3 Å². The normalized spacial score (nSPS) is 12.2. The third-order valence-electron chi connectivity index (χ3n) is 2.79. The first-order chi connectivity index (χ1) is 9.47. The van der Waals surface area contributed by atoms with Crippen LogP contribution < -0.4 is 5.32 Å². The van der Waals surface area contributed by atoms with Crippen LogP contribution in [0.15, 0.2) is 24.4 Å². The Morgan fingerprint density at radius 3 is 2.70 bits per heavy atom. The van der Waals surface area contributed by atoms with Crippen LogP contribution in [0, 0.1) is 13.8 Å². The molecule has 0 fully saturated rings. The highest BCUT2D eigenvalue weighted by molar-refractivity contribution is 5.93. The first-order valence-corrected chi connectivity index (χ1v) is 6.43. The summed E-state index contributed by atoms with van der Waals surface area (Å²) in [4.78, 5) is 16.0. The summed E-state index contributed by atoms with van der Waals surface area (Å²) in [5, 5.41) is 16.1. The summed E-state index contributed by atoms with van der Waals surface area (Å²) in [6.45, 7) is 5.70. The second kappa shape index (κ2) is 5.83. The minimum atomic E-state index is -0.569. The highest BCUT2D eigenvalue weighted by Gasteiger charge is 2.09. The van der Waals surface area contributed by atoms with Crippen LogP contribution in [0.25, 0.3) is 5.82 Å². The molecule has 0 radical (unpaired) electrons. The van der Waals surface area contributed by atoms with E-state index < -0.39 is 6.10 Å². The predicted molar refractivity (Wildman–Crippen MR) is 74.8 cm³/mol. The number of aryl methyl sites for hydroxylation is 2. The SMILES string of the molecule is Cc1cc(C)n(-c2ccc(C(=O)NCC(C)O)cn2)n1. The van der Waals surface area contributed by atoms with E-state index >= 15 is 0 Å². The Bertz CT molecular complexity index is 602. The highest BCUT2D eigenvalue weighted by atomic mass is 16.3. The highest BCUT2D eigenvalue weighted by Crippen LogP contribution is 2.10. The van der Waals surface area contributed by atoms with Gasteiger partial charge in [0, 0.05) is 18.4 Å². The van der Waals surface area contributed by atoms with Crippen molar-refractivity contribution in [2.75, 3.05) is 6.54 Å². The van der Waals surface area contributed by atoms with E-state index in [1.165, 1.54) is 6.20 Å². The number of aliphatic hydroxyl groups excluding tert-OH is 1. The van der Waals surface area contributed by atoms with E-state index in [9.17, 15) is 4.79 Å². The number of carbonyl (C=O) groups is 1. The molecule has 0 saturated carbocycles. The molecule has 6 nitrogen and oxygen atoms in total. The number of carbonyl (C=O) groups excluding carboxylic acids is 1. The number of aliphatic hydroxyl groups is 1. The van der Waals surface area contributed by atoms with Crippen LogP contribution >= 0.6 is 0 Å². The summed E-state index contributed by atoms with van der Waals surface area (Å²) in [7, 11) is 0. The van der Waals surface area contributed by atoms with E-state index in [-0.39, 0.29) is 12.5 Å². The van der Waals surface area contributed by atoms with Gasteiger partial charge in [0.2, 0.25) is 0 Å². The van der Waals surface area contributed by atoms with Gasteiger partial charge in [-0.25, -0.2) is 9.67 Å². The largest absolute Gasteiger partial charge is 0.392 e. The molecule has 20 heavy (non-hydrogen) atoms. The van der Waals surface area contributed by atoms with E-state index in [2.05, 4.69) is 15.4 Å². The minimum Gasteiger partial charge on any atom is -0.392 e. The molecular weight excluding hydrogens is 256 g/mol. The maximum Gasteiger partial charge on any atom is 0.252 e. The molecule has 1 amide bonds. The van der Waals surface area contributed by atoms with Gasteiger partial charge in [0.1, 0.15) is 0 Å². The minimum absolute atomic E-state index is 0.220. The second-order valence-corrected chi connectivity index (χ2v) is 4.80. The van der Waals surface area contributed by atoms with E-state index in [4.69, 9.17) is 5.11 Å². The molecule has 0 aliphatic heterocycles. The molecular formula is C14H18N4O2. The molecule has 1 atom stereocenters. The molecule has 2 N–H and O–H groups in total. The van der Waals surface area contributed by atoms with Crippen LogP contribution in [-0.4, -0.2) is 38.4 Å². The van der Waals surface area contributed by atoms with Gasteiger partial charge in [0.25, 0.3) is 5.91 Å². The van der Waals surface area contributed by atoms with Gasteiger partial charge in [-0.3, -0.25) is 4.79 Å². The van der Waals surface area contributed by atoms with Gasteiger partial charge in [-0.2, -0.15) is 5.10 Å². The number of pyridine rings is 1. The van der Waals surface area contributed by atoms with E-state index in [0.29, 0.717) is 11.4 Å². The number of aromatic nitrogens is 3. The lowest BCUT2D eigenvalue weighted by Gasteiger charge is -2.08. The average Bonchev–Trinajstić information content (AvgIpc) is 2.75.